The van der Waals surface area contributed by atoms with Crippen molar-refractivity contribution in [2.24, 2.45) is 0 Å². The third kappa shape index (κ3) is 17.9. The minimum atomic E-state index is 1.17. The number of allylic oxidation sites excluding steroid dienone is 1. The Hall–Kier alpha value is -0.300. The lowest BCUT2D eigenvalue weighted by Gasteiger charge is -2.20. The second-order valence-corrected chi connectivity index (χ2v) is 7.10. The van der Waals surface area contributed by atoms with Gasteiger partial charge in [-0.2, -0.15) is 0 Å². The van der Waals surface area contributed by atoms with Crippen LogP contribution in [-0.4, -0.2) is 24.5 Å². The Balaban J connectivity index is 3.79. The second-order valence-electron chi connectivity index (χ2n) is 7.10. The van der Waals surface area contributed by atoms with Gasteiger partial charge >= 0.3 is 0 Å². The van der Waals surface area contributed by atoms with E-state index in [1.165, 1.54) is 110 Å². The molecule has 23 heavy (non-hydrogen) atoms. The lowest BCUT2D eigenvalue weighted by molar-refractivity contribution is 0.286. The number of nitrogens with zero attached hydrogens (tertiary/aromatic N) is 1. The van der Waals surface area contributed by atoms with Crippen LogP contribution < -0.4 is 0 Å². The van der Waals surface area contributed by atoms with Gasteiger partial charge in [-0.05, 0) is 32.4 Å². The Labute approximate surface area is 147 Å². The van der Waals surface area contributed by atoms with Gasteiger partial charge in [0, 0.05) is 6.54 Å². The summed E-state index contributed by atoms with van der Waals surface area (Å²) in [7, 11) is 0. The summed E-state index contributed by atoms with van der Waals surface area (Å²) in [5, 5.41) is 0. The molecule has 0 N–H and O–H groups in total. The summed E-state index contributed by atoms with van der Waals surface area (Å²) in [4.78, 5) is 2.69. The molecule has 1 nitrogen and oxygen atoms in total. The zero-order chi connectivity index (χ0) is 17.0. The van der Waals surface area contributed by atoms with Crippen molar-refractivity contribution in [3.05, 3.63) is 12.2 Å². The molecule has 0 aromatic carbocycles. The van der Waals surface area contributed by atoms with Crippen LogP contribution in [-0.2, 0) is 0 Å². The summed E-state index contributed by atoms with van der Waals surface area (Å²) in [6.07, 6.45) is 24.2. The maximum Gasteiger partial charge on any atom is 0.0163 e. The van der Waals surface area contributed by atoms with Crippen LogP contribution in [0.3, 0.4) is 0 Å². The van der Waals surface area contributed by atoms with Crippen molar-refractivity contribution >= 4 is 0 Å². The van der Waals surface area contributed by atoms with E-state index < -0.39 is 0 Å². The molecule has 0 saturated carbocycles. The summed E-state index contributed by atoms with van der Waals surface area (Å²) in [6.45, 7) is 10.6. The van der Waals surface area contributed by atoms with E-state index in [0.717, 1.165) is 0 Å². The lowest BCUT2D eigenvalue weighted by Crippen LogP contribution is -2.26. The molecule has 0 heterocycles. The first kappa shape index (κ1) is 22.7. The Morgan fingerprint density at radius 2 is 1.00 bits per heavy atom. The molecule has 0 aliphatic carbocycles. The maximum atomic E-state index is 2.69. The monoisotopic (exact) mass is 323 g/mol. The maximum absolute atomic E-state index is 2.69. The Morgan fingerprint density at radius 1 is 0.522 bits per heavy atom. The summed E-state index contributed by atoms with van der Waals surface area (Å²) in [5.41, 5.74) is 0. The molecule has 0 fully saturated rings. The predicted molar refractivity (Wildman–Crippen MR) is 107 cm³/mol. The van der Waals surface area contributed by atoms with Crippen LogP contribution in [0, 0.1) is 0 Å². The van der Waals surface area contributed by atoms with E-state index in [0.29, 0.717) is 0 Å². The number of hydrogen-bond acceptors (Lipinski definition) is 1. The fraction of sp³-hybridized carbons (Fsp3) is 0.909. The van der Waals surface area contributed by atoms with Gasteiger partial charge in [-0.3, -0.25) is 4.90 Å². The highest BCUT2D eigenvalue weighted by Gasteiger charge is 2.03. The summed E-state index contributed by atoms with van der Waals surface area (Å²) in [5.74, 6) is 0. The molecular weight excluding hydrogens is 278 g/mol. The van der Waals surface area contributed by atoms with Gasteiger partial charge in [0.2, 0.25) is 0 Å². The summed E-state index contributed by atoms with van der Waals surface area (Å²) < 4.78 is 0. The van der Waals surface area contributed by atoms with Crippen molar-refractivity contribution in [1.29, 1.82) is 0 Å². The predicted octanol–water partition coefficient (Wildman–Crippen LogP) is 7.37. The van der Waals surface area contributed by atoms with Gasteiger partial charge in [-0.15, -0.1) is 0 Å². The molecular formula is C22H45N. The minimum Gasteiger partial charge on any atom is -0.300 e. The van der Waals surface area contributed by atoms with Gasteiger partial charge in [0.05, 0.1) is 0 Å². The molecule has 0 unspecified atom stereocenters. The van der Waals surface area contributed by atoms with Gasteiger partial charge in [-0.25, -0.2) is 0 Å². The van der Waals surface area contributed by atoms with Gasteiger partial charge in [-0.1, -0.05) is 104 Å². The Kier molecular flexibility index (Phi) is 19.5. The average Bonchev–Trinajstić information content (AvgIpc) is 2.57. The van der Waals surface area contributed by atoms with Gasteiger partial charge < -0.3 is 0 Å². The number of hydrogen-bond donors (Lipinski definition) is 0. The summed E-state index contributed by atoms with van der Waals surface area (Å²) >= 11 is 0. The lowest BCUT2D eigenvalue weighted by atomic mass is 10.1. The zero-order valence-electron chi connectivity index (χ0n) is 16.6. The Bertz CT molecular complexity index is 218. The molecule has 0 radical (unpaired) electrons. The topological polar surface area (TPSA) is 3.24 Å². The van der Waals surface area contributed by atoms with Gasteiger partial charge in [0.15, 0.2) is 0 Å². The van der Waals surface area contributed by atoms with Crippen LogP contribution in [0.2, 0.25) is 0 Å². The van der Waals surface area contributed by atoms with Crippen molar-refractivity contribution in [3.8, 4) is 0 Å². The average molecular weight is 324 g/mol. The van der Waals surface area contributed by atoms with Crippen molar-refractivity contribution < 1.29 is 0 Å². The first-order chi connectivity index (χ1) is 11.3. The van der Waals surface area contributed by atoms with Crippen LogP contribution >= 0.6 is 0 Å². The fourth-order valence-electron chi connectivity index (χ4n) is 3.03. The van der Waals surface area contributed by atoms with Crippen molar-refractivity contribution in [2.75, 3.05) is 19.6 Å². The highest BCUT2D eigenvalue weighted by atomic mass is 15.1. The third-order valence-electron chi connectivity index (χ3n) is 4.64. The van der Waals surface area contributed by atoms with Crippen molar-refractivity contribution in [1.82, 2.24) is 4.90 Å². The van der Waals surface area contributed by atoms with Crippen molar-refractivity contribution in [2.45, 2.75) is 111 Å². The van der Waals surface area contributed by atoms with E-state index >= 15 is 0 Å². The molecule has 0 aromatic heterocycles. The molecule has 0 saturated heterocycles. The molecule has 0 aliphatic rings. The second kappa shape index (κ2) is 19.7. The SMILES string of the molecule is CCC/C=C/CN(CCCCCCCC)CCCCCCCC. The van der Waals surface area contributed by atoms with Crippen molar-refractivity contribution in [3.63, 3.8) is 0 Å². The number of rotatable bonds is 18. The summed E-state index contributed by atoms with van der Waals surface area (Å²) in [6, 6.07) is 0. The quantitative estimate of drug-likeness (QED) is 0.188. The standard InChI is InChI=1S/C22H45N/c1-4-7-10-13-15-18-21-23(20-17-12-9-6-3)22-19-16-14-11-8-5-2/h12,17H,4-11,13-16,18-22H2,1-3H3/b17-12+. The molecule has 0 atom stereocenters. The zero-order valence-corrected chi connectivity index (χ0v) is 16.6. The third-order valence-corrected chi connectivity index (χ3v) is 4.64. The largest absolute Gasteiger partial charge is 0.300 e. The number of unbranched alkanes of at least 4 members (excludes halogenated alkanes) is 11. The fourth-order valence-corrected chi connectivity index (χ4v) is 3.03. The molecule has 138 valence electrons. The van der Waals surface area contributed by atoms with Crippen LogP contribution in [0.1, 0.15) is 111 Å². The molecule has 0 rings (SSSR count). The molecule has 0 spiro atoms. The van der Waals surface area contributed by atoms with Crippen LogP contribution in [0.4, 0.5) is 0 Å². The normalized spacial score (nSPS) is 11.8. The van der Waals surface area contributed by atoms with Crippen LogP contribution in [0.25, 0.3) is 0 Å². The van der Waals surface area contributed by atoms with Crippen LogP contribution in [0.15, 0.2) is 12.2 Å². The highest BCUT2D eigenvalue weighted by molar-refractivity contribution is 4.84. The van der Waals surface area contributed by atoms with E-state index in [1.54, 1.807) is 0 Å². The molecule has 0 bridgehead atoms. The highest BCUT2D eigenvalue weighted by Crippen LogP contribution is 2.09. The van der Waals surface area contributed by atoms with E-state index in [4.69, 9.17) is 0 Å². The van der Waals surface area contributed by atoms with E-state index in [-0.39, 0.29) is 0 Å². The van der Waals surface area contributed by atoms with E-state index in [2.05, 4.69) is 37.8 Å². The van der Waals surface area contributed by atoms with E-state index in [9.17, 15) is 0 Å². The smallest absolute Gasteiger partial charge is 0.0163 e. The first-order valence-corrected chi connectivity index (χ1v) is 10.7. The van der Waals surface area contributed by atoms with E-state index in [1.807, 2.05) is 0 Å². The molecule has 0 aliphatic heterocycles. The van der Waals surface area contributed by atoms with Gasteiger partial charge in [0.25, 0.3) is 0 Å². The molecule has 0 amide bonds. The molecule has 1 heteroatoms. The Morgan fingerprint density at radius 3 is 1.48 bits per heavy atom. The molecule has 0 aromatic rings. The van der Waals surface area contributed by atoms with Crippen LogP contribution in [0.5, 0.6) is 0 Å². The first-order valence-electron chi connectivity index (χ1n) is 10.7. The van der Waals surface area contributed by atoms with Gasteiger partial charge in [0.1, 0.15) is 0 Å². The minimum absolute atomic E-state index is 1.17.